The maximum Gasteiger partial charge on any atom is 0.179 e. The van der Waals surface area contributed by atoms with Gasteiger partial charge in [0.25, 0.3) is 0 Å². The fourth-order valence-corrected chi connectivity index (χ4v) is 1.98. The van der Waals surface area contributed by atoms with Crippen molar-refractivity contribution in [1.29, 1.82) is 0 Å². The summed E-state index contributed by atoms with van der Waals surface area (Å²) in [6.07, 6.45) is 0.816. The predicted octanol–water partition coefficient (Wildman–Crippen LogP) is 3.66. The third-order valence-electron chi connectivity index (χ3n) is 2.18. The molecule has 1 aromatic rings. The van der Waals surface area contributed by atoms with Gasteiger partial charge in [-0.25, -0.2) is 0 Å². The summed E-state index contributed by atoms with van der Waals surface area (Å²) in [5.74, 6) is 1.25. The molecule has 0 amide bonds. The van der Waals surface area contributed by atoms with Gasteiger partial charge in [0.15, 0.2) is 11.5 Å². The highest BCUT2D eigenvalue weighted by molar-refractivity contribution is 9.08. The number of methoxy groups -OCH3 is 2. The SMILES string of the molecule is COCCCOc1c(Cl)cc(CBr)cc1OC. The Balaban J connectivity index is 2.75. The smallest absolute Gasteiger partial charge is 0.179 e. The molecule has 1 rings (SSSR count). The molecule has 0 saturated carbocycles. The molecule has 0 unspecified atom stereocenters. The van der Waals surface area contributed by atoms with Gasteiger partial charge in [-0.15, -0.1) is 0 Å². The molecule has 17 heavy (non-hydrogen) atoms. The minimum absolute atomic E-state index is 0.553. The molecule has 0 radical (unpaired) electrons. The van der Waals surface area contributed by atoms with Crippen molar-refractivity contribution in [3.8, 4) is 11.5 Å². The summed E-state index contributed by atoms with van der Waals surface area (Å²) < 4.78 is 15.8. The van der Waals surface area contributed by atoms with Crippen molar-refractivity contribution in [2.45, 2.75) is 11.8 Å². The first-order valence-corrected chi connectivity index (χ1v) is 6.77. The summed E-state index contributed by atoms with van der Waals surface area (Å²) in [4.78, 5) is 0. The number of hydrogen-bond donors (Lipinski definition) is 0. The van der Waals surface area contributed by atoms with E-state index in [-0.39, 0.29) is 0 Å². The number of ether oxygens (including phenoxy) is 3. The maximum absolute atomic E-state index is 6.15. The van der Waals surface area contributed by atoms with Gasteiger partial charge in [-0.05, 0) is 17.7 Å². The van der Waals surface area contributed by atoms with E-state index in [1.807, 2.05) is 12.1 Å². The van der Waals surface area contributed by atoms with Gasteiger partial charge in [-0.3, -0.25) is 0 Å². The van der Waals surface area contributed by atoms with E-state index < -0.39 is 0 Å². The van der Waals surface area contributed by atoms with Crippen molar-refractivity contribution in [2.75, 3.05) is 27.4 Å². The zero-order chi connectivity index (χ0) is 12.7. The van der Waals surface area contributed by atoms with Gasteiger partial charge >= 0.3 is 0 Å². The number of rotatable bonds is 7. The molecule has 0 spiro atoms. The lowest BCUT2D eigenvalue weighted by Gasteiger charge is -2.13. The van der Waals surface area contributed by atoms with Gasteiger partial charge in [0.1, 0.15) is 0 Å². The van der Waals surface area contributed by atoms with Crippen LogP contribution in [-0.4, -0.2) is 27.4 Å². The molecule has 0 aromatic heterocycles. The minimum Gasteiger partial charge on any atom is -0.493 e. The quantitative estimate of drug-likeness (QED) is 0.566. The lowest BCUT2D eigenvalue weighted by Crippen LogP contribution is -2.03. The molecular formula is C12H16BrClO3. The summed E-state index contributed by atoms with van der Waals surface area (Å²) in [5, 5.41) is 1.30. The van der Waals surface area contributed by atoms with Crippen LogP contribution in [0.2, 0.25) is 5.02 Å². The molecular weight excluding hydrogens is 307 g/mol. The fraction of sp³-hybridized carbons (Fsp3) is 0.500. The standard InChI is InChI=1S/C12H16BrClO3/c1-15-4-3-5-17-12-10(14)6-9(8-13)7-11(12)16-2/h6-7H,3-5,8H2,1-2H3. The average molecular weight is 324 g/mol. The van der Waals surface area contributed by atoms with E-state index in [0.29, 0.717) is 29.7 Å². The average Bonchev–Trinajstić information content (AvgIpc) is 2.35. The van der Waals surface area contributed by atoms with Crippen molar-refractivity contribution in [2.24, 2.45) is 0 Å². The van der Waals surface area contributed by atoms with E-state index in [1.165, 1.54) is 0 Å². The van der Waals surface area contributed by atoms with Crippen LogP contribution in [0.5, 0.6) is 11.5 Å². The Labute approximate surface area is 115 Å². The van der Waals surface area contributed by atoms with E-state index in [1.54, 1.807) is 14.2 Å². The predicted molar refractivity (Wildman–Crippen MR) is 72.6 cm³/mol. The van der Waals surface area contributed by atoms with Crippen molar-refractivity contribution in [1.82, 2.24) is 0 Å². The Kier molecular flexibility index (Phi) is 6.70. The van der Waals surface area contributed by atoms with Crippen LogP contribution < -0.4 is 9.47 Å². The molecule has 5 heteroatoms. The molecule has 0 fully saturated rings. The molecule has 0 bridgehead atoms. The molecule has 0 atom stereocenters. The molecule has 0 N–H and O–H groups in total. The van der Waals surface area contributed by atoms with Gasteiger partial charge in [0, 0.05) is 25.5 Å². The Morgan fingerprint density at radius 1 is 1.24 bits per heavy atom. The number of benzene rings is 1. The second-order valence-electron chi connectivity index (χ2n) is 3.44. The van der Waals surface area contributed by atoms with Crippen molar-refractivity contribution < 1.29 is 14.2 Å². The van der Waals surface area contributed by atoms with Crippen molar-refractivity contribution >= 4 is 27.5 Å². The molecule has 0 aliphatic heterocycles. The van der Waals surface area contributed by atoms with Crippen LogP contribution in [0.1, 0.15) is 12.0 Å². The zero-order valence-corrected chi connectivity index (χ0v) is 12.3. The van der Waals surface area contributed by atoms with E-state index in [9.17, 15) is 0 Å². The Hall–Kier alpha value is -0.450. The van der Waals surface area contributed by atoms with Crippen molar-refractivity contribution in [3.05, 3.63) is 22.7 Å². The summed E-state index contributed by atoms with van der Waals surface area (Å²) >= 11 is 9.53. The van der Waals surface area contributed by atoms with E-state index >= 15 is 0 Å². The highest BCUT2D eigenvalue weighted by Gasteiger charge is 2.11. The van der Waals surface area contributed by atoms with Crippen LogP contribution in [0.25, 0.3) is 0 Å². The van der Waals surface area contributed by atoms with Crippen LogP contribution in [0.4, 0.5) is 0 Å². The second-order valence-corrected chi connectivity index (χ2v) is 4.41. The Morgan fingerprint density at radius 3 is 2.59 bits per heavy atom. The number of hydrogen-bond acceptors (Lipinski definition) is 3. The fourth-order valence-electron chi connectivity index (χ4n) is 1.37. The lowest BCUT2D eigenvalue weighted by molar-refractivity contribution is 0.170. The maximum atomic E-state index is 6.15. The van der Waals surface area contributed by atoms with Gasteiger partial charge in [-0.1, -0.05) is 27.5 Å². The van der Waals surface area contributed by atoms with Crippen LogP contribution in [-0.2, 0) is 10.1 Å². The van der Waals surface area contributed by atoms with Gasteiger partial charge in [0.05, 0.1) is 18.7 Å². The van der Waals surface area contributed by atoms with E-state index in [0.717, 1.165) is 17.3 Å². The van der Waals surface area contributed by atoms with Crippen molar-refractivity contribution in [3.63, 3.8) is 0 Å². The van der Waals surface area contributed by atoms with Gasteiger partial charge in [0.2, 0.25) is 0 Å². The molecule has 1 aromatic carbocycles. The zero-order valence-electron chi connectivity index (χ0n) is 9.96. The Morgan fingerprint density at radius 2 is 2.00 bits per heavy atom. The highest BCUT2D eigenvalue weighted by Crippen LogP contribution is 2.36. The number of halogens is 2. The first-order valence-electron chi connectivity index (χ1n) is 5.27. The van der Waals surface area contributed by atoms with Crippen LogP contribution in [0.15, 0.2) is 12.1 Å². The van der Waals surface area contributed by atoms with Crippen LogP contribution in [0, 0.1) is 0 Å². The molecule has 96 valence electrons. The summed E-state index contributed by atoms with van der Waals surface area (Å²) in [7, 11) is 3.27. The van der Waals surface area contributed by atoms with Gasteiger partial charge in [-0.2, -0.15) is 0 Å². The molecule has 0 saturated heterocycles. The normalized spacial score (nSPS) is 10.4. The van der Waals surface area contributed by atoms with E-state index in [2.05, 4.69) is 15.9 Å². The highest BCUT2D eigenvalue weighted by atomic mass is 79.9. The number of alkyl halides is 1. The molecule has 0 aliphatic carbocycles. The topological polar surface area (TPSA) is 27.7 Å². The Bertz CT molecular complexity index is 358. The monoisotopic (exact) mass is 322 g/mol. The summed E-state index contributed by atoms with van der Waals surface area (Å²) in [6.45, 7) is 1.22. The molecule has 3 nitrogen and oxygen atoms in total. The van der Waals surface area contributed by atoms with E-state index in [4.69, 9.17) is 25.8 Å². The second kappa shape index (κ2) is 7.80. The summed E-state index contributed by atoms with van der Waals surface area (Å²) in [6, 6.07) is 3.77. The molecule has 0 heterocycles. The third kappa shape index (κ3) is 4.37. The van der Waals surface area contributed by atoms with Crippen LogP contribution >= 0.6 is 27.5 Å². The third-order valence-corrected chi connectivity index (χ3v) is 3.11. The summed E-state index contributed by atoms with van der Waals surface area (Å²) in [5.41, 5.74) is 1.05. The molecule has 0 aliphatic rings. The largest absolute Gasteiger partial charge is 0.493 e. The first kappa shape index (κ1) is 14.6. The minimum atomic E-state index is 0.553. The lowest BCUT2D eigenvalue weighted by atomic mass is 10.2. The first-order chi connectivity index (χ1) is 8.22. The van der Waals surface area contributed by atoms with Crippen LogP contribution in [0.3, 0.4) is 0 Å². The van der Waals surface area contributed by atoms with Gasteiger partial charge < -0.3 is 14.2 Å².